The Morgan fingerprint density at radius 3 is 1.73 bits per heavy atom. The summed E-state index contributed by atoms with van der Waals surface area (Å²) in [6.45, 7) is 0. The standard InChI is InChI=1S/C57H36N2O/c1-3-19-39(20-4-1)57(40-21-5-2-6-22-40)50-31-13-11-25-43(50)44-34-33-38(35-51(44)57)52-36-53(59-56(58-52)49-30-15-18-37-17-7-8-23-41(37)49)45-26-10-9-24-42(45)47-28-16-29-48-46-27-12-14-32-54(46)60-55(47)48/h1-36H. The molecule has 0 aliphatic heterocycles. The summed E-state index contributed by atoms with van der Waals surface area (Å²) in [5, 5.41) is 4.46. The van der Waals surface area contributed by atoms with Gasteiger partial charge in [0.05, 0.1) is 16.8 Å². The normalized spacial score (nSPS) is 12.8. The molecule has 3 nitrogen and oxygen atoms in total. The number of furan rings is 1. The van der Waals surface area contributed by atoms with Crippen LogP contribution in [0.2, 0.25) is 0 Å². The molecule has 1 aliphatic rings. The fourth-order valence-corrected chi connectivity index (χ4v) is 9.78. The summed E-state index contributed by atoms with van der Waals surface area (Å²) in [5.74, 6) is 0.678. The van der Waals surface area contributed by atoms with Crippen LogP contribution in [0.25, 0.3) is 88.9 Å². The van der Waals surface area contributed by atoms with Crippen LogP contribution in [0.15, 0.2) is 223 Å². The van der Waals surface area contributed by atoms with Crippen molar-refractivity contribution in [1.29, 1.82) is 0 Å². The average molecular weight is 765 g/mol. The Morgan fingerprint density at radius 2 is 0.917 bits per heavy atom. The van der Waals surface area contributed by atoms with E-state index in [0.717, 1.165) is 71.9 Å². The van der Waals surface area contributed by atoms with E-state index in [-0.39, 0.29) is 0 Å². The molecular formula is C57H36N2O. The Kier molecular flexibility index (Phi) is 7.76. The van der Waals surface area contributed by atoms with Crippen molar-refractivity contribution >= 4 is 32.7 Å². The third kappa shape index (κ3) is 5.16. The lowest BCUT2D eigenvalue weighted by molar-refractivity contribution is 0.670. The van der Waals surface area contributed by atoms with Crippen molar-refractivity contribution in [3.05, 3.63) is 241 Å². The minimum Gasteiger partial charge on any atom is -0.455 e. The second-order valence-corrected chi connectivity index (χ2v) is 15.6. The molecule has 0 bridgehead atoms. The van der Waals surface area contributed by atoms with Gasteiger partial charge in [-0.3, -0.25) is 0 Å². The minimum atomic E-state index is -0.531. The molecule has 0 unspecified atom stereocenters. The largest absolute Gasteiger partial charge is 0.455 e. The van der Waals surface area contributed by atoms with E-state index in [0.29, 0.717) is 5.82 Å². The molecule has 11 aromatic rings. The van der Waals surface area contributed by atoms with Crippen LogP contribution in [0.5, 0.6) is 0 Å². The Hall–Kier alpha value is -7.88. The molecule has 280 valence electrons. The molecule has 0 saturated heterocycles. The molecule has 1 aliphatic carbocycles. The van der Waals surface area contributed by atoms with Crippen LogP contribution in [-0.4, -0.2) is 9.97 Å². The first-order chi connectivity index (χ1) is 29.8. The van der Waals surface area contributed by atoms with E-state index in [9.17, 15) is 0 Å². The second-order valence-electron chi connectivity index (χ2n) is 15.6. The lowest BCUT2D eigenvalue weighted by atomic mass is 9.67. The molecule has 60 heavy (non-hydrogen) atoms. The van der Waals surface area contributed by atoms with E-state index in [2.05, 4.69) is 206 Å². The van der Waals surface area contributed by atoms with Gasteiger partial charge in [-0.25, -0.2) is 9.97 Å². The maximum atomic E-state index is 6.59. The van der Waals surface area contributed by atoms with Gasteiger partial charge in [-0.1, -0.05) is 200 Å². The summed E-state index contributed by atoms with van der Waals surface area (Å²) in [4.78, 5) is 10.9. The number of fused-ring (bicyclic) bond motifs is 7. The predicted molar refractivity (Wildman–Crippen MR) is 246 cm³/mol. The zero-order chi connectivity index (χ0) is 39.6. The summed E-state index contributed by atoms with van der Waals surface area (Å²) in [7, 11) is 0. The van der Waals surface area contributed by atoms with E-state index in [1.807, 2.05) is 12.1 Å². The highest BCUT2D eigenvalue weighted by molar-refractivity contribution is 6.10. The number of aromatic nitrogens is 2. The van der Waals surface area contributed by atoms with Crippen molar-refractivity contribution in [3.8, 4) is 56.2 Å². The van der Waals surface area contributed by atoms with Gasteiger partial charge in [0.1, 0.15) is 11.2 Å². The summed E-state index contributed by atoms with van der Waals surface area (Å²) in [6.07, 6.45) is 0. The molecule has 0 fully saturated rings. The fraction of sp³-hybridized carbons (Fsp3) is 0.0175. The van der Waals surface area contributed by atoms with Crippen LogP contribution in [0, 0.1) is 0 Å². The smallest absolute Gasteiger partial charge is 0.161 e. The fourth-order valence-electron chi connectivity index (χ4n) is 9.78. The van der Waals surface area contributed by atoms with Gasteiger partial charge in [-0.2, -0.15) is 0 Å². The Bertz CT molecular complexity index is 3390. The SMILES string of the molecule is c1ccc(C2(c3ccccc3)c3ccccc3-c3ccc(-c4cc(-c5ccccc5-c5cccc6c5oc5ccccc56)nc(-c5cccc6ccccc56)n4)cc32)cc1. The molecule has 0 radical (unpaired) electrons. The van der Waals surface area contributed by atoms with Gasteiger partial charge in [0.2, 0.25) is 0 Å². The number of benzene rings is 9. The Morgan fingerprint density at radius 1 is 0.350 bits per heavy atom. The topological polar surface area (TPSA) is 38.9 Å². The summed E-state index contributed by atoms with van der Waals surface area (Å²) in [6, 6.07) is 78.0. The highest BCUT2D eigenvalue weighted by atomic mass is 16.3. The van der Waals surface area contributed by atoms with Gasteiger partial charge in [-0.05, 0) is 67.9 Å². The number of rotatable bonds is 6. The van der Waals surface area contributed by atoms with Crippen LogP contribution in [0.3, 0.4) is 0 Å². The van der Waals surface area contributed by atoms with Crippen molar-refractivity contribution in [3.63, 3.8) is 0 Å². The first-order valence-electron chi connectivity index (χ1n) is 20.5. The molecule has 0 spiro atoms. The van der Waals surface area contributed by atoms with Gasteiger partial charge >= 0.3 is 0 Å². The third-order valence-electron chi connectivity index (χ3n) is 12.4. The Balaban J connectivity index is 1.12. The van der Waals surface area contributed by atoms with Crippen LogP contribution < -0.4 is 0 Å². The number of hydrogen-bond donors (Lipinski definition) is 0. The third-order valence-corrected chi connectivity index (χ3v) is 12.4. The van der Waals surface area contributed by atoms with Gasteiger partial charge in [-0.15, -0.1) is 0 Å². The molecule has 2 heterocycles. The molecule has 0 atom stereocenters. The predicted octanol–water partition coefficient (Wildman–Crippen LogP) is 14.6. The monoisotopic (exact) mass is 764 g/mol. The van der Waals surface area contributed by atoms with E-state index in [4.69, 9.17) is 14.4 Å². The van der Waals surface area contributed by atoms with Crippen LogP contribution in [0.4, 0.5) is 0 Å². The summed E-state index contributed by atoms with van der Waals surface area (Å²) < 4.78 is 6.59. The van der Waals surface area contributed by atoms with Crippen LogP contribution in [-0.2, 0) is 5.41 Å². The average Bonchev–Trinajstić information content (AvgIpc) is 3.86. The Labute approximate surface area is 347 Å². The molecule has 9 aromatic carbocycles. The van der Waals surface area contributed by atoms with Crippen LogP contribution >= 0.6 is 0 Å². The zero-order valence-electron chi connectivity index (χ0n) is 32.6. The molecule has 0 saturated carbocycles. The van der Waals surface area contributed by atoms with Crippen molar-refractivity contribution in [2.24, 2.45) is 0 Å². The first-order valence-corrected chi connectivity index (χ1v) is 20.5. The number of hydrogen-bond acceptors (Lipinski definition) is 3. The minimum absolute atomic E-state index is 0.531. The molecule has 0 amide bonds. The lowest BCUT2D eigenvalue weighted by Gasteiger charge is -2.34. The van der Waals surface area contributed by atoms with Gasteiger partial charge in [0.15, 0.2) is 5.82 Å². The van der Waals surface area contributed by atoms with E-state index in [1.165, 1.54) is 33.4 Å². The van der Waals surface area contributed by atoms with Crippen molar-refractivity contribution in [2.75, 3.05) is 0 Å². The maximum Gasteiger partial charge on any atom is 0.161 e. The number of nitrogens with zero attached hydrogens (tertiary/aromatic N) is 2. The first kappa shape index (κ1) is 34.2. The quantitative estimate of drug-likeness (QED) is 0.169. The van der Waals surface area contributed by atoms with Gasteiger partial charge in [0, 0.05) is 33.0 Å². The molecule has 2 aromatic heterocycles. The number of para-hydroxylation sites is 2. The van der Waals surface area contributed by atoms with Gasteiger partial charge in [0.25, 0.3) is 0 Å². The van der Waals surface area contributed by atoms with E-state index >= 15 is 0 Å². The molecule has 0 N–H and O–H groups in total. The van der Waals surface area contributed by atoms with Crippen molar-refractivity contribution in [1.82, 2.24) is 9.97 Å². The maximum absolute atomic E-state index is 6.59. The van der Waals surface area contributed by atoms with E-state index < -0.39 is 5.41 Å². The van der Waals surface area contributed by atoms with E-state index in [1.54, 1.807) is 0 Å². The van der Waals surface area contributed by atoms with Crippen molar-refractivity contribution < 1.29 is 4.42 Å². The molecular weight excluding hydrogens is 729 g/mol. The molecule has 3 heteroatoms. The molecule has 12 rings (SSSR count). The highest BCUT2D eigenvalue weighted by Gasteiger charge is 2.46. The lowest BCUT2D eigenvalue weighted by Crippen LogP contribution is -2.28. The summed E-state index contributed by atoms with van der Waals surface area (Å²) >= 11 is 0. The van der Waals surface area contributed by atoms with Crippen LogP contribution in [0.1, 0.15) is 22.3 Å². The zero-order valence-corrected chi connectivity index (χ0v) is 32.6. The highest BCUT2D eigenvalue weighted by Crippen LogP contribution is 2.56. The summed E-state index contributed by atoms with van der Waals surface area (Å²) in [5.41, 5.74) is 15.5. The van der Waals surface area contributed by atoms with Gasteiger partial charge < -0.3 is 4.42 Å². The van der Waals surface area contributed by atoms with Crippen molar-refractivity contribution in [2.45, 2.75) is 5.41 Å². The second kappa shape index (κ2) is 13.6.